The third kappa shape index (κ3) is 2.56. The predicted molar refractivity (Wildman–Crippen MR) is 98.7 cm³/mol. The molecule has 5 heteroatoms. The van der Waals surface area contributed by atoms with Crippen LogP contribution in [0.25, 0.3) is 0 Å². The first-order chi connectivity index (χ1) is 12.0. The van der Waals surface area contributed by atoms with Gasteiger partial charge in [-0.3, -0.25) is 9.59 Å². The van der Waals surface area contributed by atoms with Gasteiger partial charge in [-0.05, 0) is 37.8 Å². The van der Waals surface area contributed by atoms with E-state index in [9.17, 15) is 9.59 Å². The number of ketones is 2. The fraction of sp³-hybridized carbons (Fsp3) is 0.400. The van der Waals surface area contributed by atoms with Crippen molar-refractivity contribution in [3.8, 4) is 0 Å². The van der Waals surface area contributed by atoms with E-state index >= 15 is 0 Å². The second kappa shape index (κ2) is 6.30. The molecule has 25 heavy (non-hydrogen) atoms. The fourth-order valence-corrected chi connectivity index (χ4v) is 5.04. The number of allylic oxidation sites excluding steroid dienone is 4. The van der Waals surface area contributed by atoms with Gasteiger partial charge in [0.15, 0.2) is 11.6 Å². The normalized spacial score (nSPS) is 21.6. The van der Waals surface area contributed by atoms with E-state index in [1.165, 1.54) is 0 Å². The number of halogens is 2. The maximum atomic E-state index is 12.9. The van der Waals surface area contributed by atoms with Gasteiger partial charge in [0.05, 0.1) is 0 Å². The summed E-state index contributed by atoms with van der Waals surface area (Å²) in [6.07, 6.45) is 4.43. The number of nitrogens with zero attached hydrogens (tertiary/aromatic N) is 1. The lowest BCUT2D eigenvalue weighted by Gasteiger charge is -2.42. The van der Waals surface area contributed by atoms with Crippen LogP contribution in [0.4, 0.5) is 0 Å². The predicted octanol–water partition coefficient (Wildman–Crippen LogP) is 5.04. The molecule has 3 aliphatic rings. The van der Waals surface area contributed by atoms with E-state index in [1.54, 1.807) is 18.2 Å². The summed E-state index contributed by atoms with van der Waals surface area (Å²) in [5, 5.41) is 1.02. The van der Waals surface area contributed by atoms with Crippen LogP contribution in [0.3, 0.4) is 0 Å². The van der Waals surface area contributed by atoms with Gasteiger partial charge in [0, 0.05) is 64.0 Å². The molecule has 0 N–H and O–H groups in total. The molecule has 0 fully saturated rings. The highest BCUT2D eigenvalue weighted by atomic mass is 35.5. The number of hydrogen-bond acceptors (Lipinski definition) is 3. The maximum Gasteiger partial charge on any atom is 0.161 e. The molecule has 0 amide bonds. The van der Waals surface area contributed by atoms with Crippen molar-refractivity contribution in [2.24, 2.45) is 0 Å². The zero-order valence-electron chi connectivity index (χ0n) is 14.1. The Morgan fingerprint density at radius 3 is 1.84 bits per heavy atom. The van der Waals surface area contributed by atoms with Crippen molar-refractivity contribution < 1.29 is 9.59 Å². The molecule has 0 radical (unpaired) electrons. The van der Waals surface area contributed by atoms with Gasteiger partial charge in [-0.2, -0.15) is 0 Å². The highest BCUT2D eigenvalue weighted by Crippen LogP contribution is 2.51. The fourth-order valence-electron chi connectivity index (χ4n) is 4.43. The van der Waals surface area contributed by atoms with Crippen LogP contribution in [0.1, 0.15) is 50.0 Å². The summed E-state index contributed by atoms with van der Waals surface area (Å²) in [7, 11) is 1.98. The standard InChI is InChI=1S/C20H19Cl2NO2/c1-23-13-7-3-9-15(24)18(13)20(17-11(21)5-2-6-12(17)22)19-14(23)8-4-10-16(19)25/h2,5-6,20H,3-4,7-10H2,1H3. The molecular weight excluding hydrogens is 357 g/mol. The minimum atomic E-state index is -0.428. The van der Waals surface area contributed by atoms with Gasteiger partial charge in [-0.1, -0.05) is 29.3 Å². The van der Waals surface area contributed by atoms with Crippen molar-refractivity contribution in [1.29, 1.82) is 0 Å². The van der Waals surface area contributed by atoms with Gasteiger partial charge in [0.25, 0.3) is 0 Å². The summed E-state index contributed by atoms with van der Waals surface area (Å²) in [5.41, 5.74) is 4.20. The molecule has 3 nitrogen and oxygen atoms in total. The van der Waals surface area contributed by atoms with E-state index in [2.05, 4.69) is 4.90 Å². The van der Waals surface area contributed by atoms with Crippen LogP contribution in [-0.2, 0) is 9.59 Å². The van der Waals surface area contributed by atoms with E-state index in [0.29, 0.717) is 28.5 Å². The van der Waals surface area contributed by atoms with E-state index in [-0.39, 0.29) is 11.6 Å². The molecule has 130 valence electrons. The maximum absolute atomic E-state index is 12.9. The summed E-state index contributed by atoms with van der Waals surface area (Å²) >= 11 is 13.0. The number of carbonyl (C=O) groups is 2. The molecule has 2 aliphatic carbocycles. The Morgan fingerprint density at radius 1 is 0.880 bits per heavy atom. The van der Waals surface area contributed by atoms with Crippen LogP contribution in [-0.4, -0.2) is 23.5 Å². The number of rotatable bonds is 1. The average Bonchev–Trinajstić information content (AvgIpc) is 2.58. The van der Waals surface area contributed by atoms with Crippen LogP contribution in [0.5, 0.6) is 0 Å². The second-order valence-corrected chi connectivity index (χ2v) is 7.72. The lowest BCUT2D eigenvalue weighted by molar-refractivity contribution is -0.117. The zero-order valence-corrected chi connectivity index (χ0v) is 15.6. The first kappa shape index (κ1) is 16.9. The van der Waals surface area contributed by atoms with Gasteiger partial charge in [-0.25, -0.2) is 0 Å². The smallest absolute Gasteiger partial charge is 0.161 e. The summed E-state index contributed by atoms with van der Waals surface area (Å²) in [6, 6.07) is 5.35. The van der Waals surface area contributed by atoms with Gasteiger partial charge < -0.3 is 4.90 Å². The summed E-state index contributed by atoms with van der Waals surface area (Å²) in [5.74, 6) is -0.207. The Balaban J connectivity index is 2.02. The van der Waals surface area contributed by atoms with Gasteiger partial charge >= 0.3 is 0 Å². The molecule has 0 bridgehead atoms. The minimum Gasteiger partial charge on any atom is -0.351 e. The van der Waals surface area contributed by atoms with E-state index in [0.717, 1.165) is 48.2 Å². The summed E-state index contributed by atoms with van der Waals surface area (Å²) in [4.78, 5) is 27.8. The second-order valence-electron chi connectivity index (χ2n) is 6.90. The Kier molecular flexibility index (Phi) is 4.25. The molecule has 0 spiro atoms. The molecule has 1 heterocycles. The molecule has 0 saturated carbocycles. The number of benzene rings is 1. The zero-order chi connectivity index (χ0) is 17.7. The Hall–Kier alpha value is -1.58. The van der Waals surface area contributed by atoms with Crippen molar-refractivity contribution in [2.45, 2.75) is 44.4 Å². The van der Waals surface area contributed by atoms with Crippen molar-refractivity contribution in [3.05, 3.63) is 56.3 Å². The third-order valence-electron chi connectivity index (χ3n) is 5.53. The molecule has 0 atom stereocenters. The first-order valence-corrected chi connectivity index (χ1v) is 9.46. The van der Waals surface area contributed by atoms with Crippen LogP contribution in [0, 0.1) is 0 Å². The molecular formula is C20H19Cl2NO2. The summed E-state index contributed by atoms with van der Waals surface area (Å²) < 4.78 is 0. The third-order valence-corrected chi connectivity index (χ3v) is 6.19. The van der Waals surface area contributed by atoms with E-state index in [1.807, 2.05) is 7.05 Å². The lowest BCUT2D eigenvalue weighted by Crippen LogP contribution is -2.37. The largest absolute Gasteiger partial charge is 0.351 e. The SMILES string of the molecule is CN1C2=C(C(=O)CCC2)C(c2c(Cl)cccc2Cl)C2=C1CCCC2=O. The molecule has 4 rings (SSSR count). The van der Waals surface area contributed by atoms with Crippen LogP contribution in [0.2, 0.25) is 10.0 Å². The van der Waals surface area contributed by atoms with E-state index < -0.39 is 5.92 Å². The van der Waals surface area contributed by atoms with Crippen molar-refractivity contribution in [1.82, 2.24) is 4.90 Å². The topological polar surface area (TPSA) is 37.4 Å². The quantitative estimate of drug-likeness (QED) is 0.689. The van der Waals surface area contributed by atoms with Crippen molar-refractivity contribution in [3.63, 3.8) is 0 Å². The lowest BCUT2D eigenvalue weighted by atomic mass is 9.71. The number of Topliss-reactive ketones (excluding diaryl/α,β-unsaturated/α-hetero) is 2. The highest BCUT2D eigenvalue weighted by Gasteiger charge is 2.43. The molecule has 0 aromatic heterocycles. The highest BCUT2D eigenvalue weighted by molar-refractivity contribution is 6.36. The van der Waals surface area contributed by atoms with Gasteiger partial charge in [0.1, 0.15) is 0 Å². The summed E-state index contributed by atoms with van der Waals surface area (Å²) in [6.45, 7) is 0. The molecule has 1 aliphatic heterocycles. The minimum absolute atomic E-state index is 0.110. The number of carbonyl (C=O) groups excluding carboxylic acids is 2. The molecule has 1 aromatic rings. The Bertz CT molecular complexity index is 789. The Labute approximate surface area is 157 Å². The monoisotopic (exact) mass is 375 g/mol. The van der Waals surface area contributed by atoms with Crippen LogP contribution < -0.4 is 0 Å². The van der Waals surface area contributed by atoms with Crippen LogP contribution in [0.15, 0.2) is 40.7 Å². The van der Waals surface area contributed by atoms with E-state index in [4.69, 9.17) is 23.2 Å². The van der Waals surface area contributed by atoms with Gasteiger partial charge in [-0.15, -0.1) is 0 Å². The van der Waals surface area contributed by atoms with Crippen molar-refractivity contribution in [2.75, 3.05) is 7.05 Å². The average molecular weight is 376 g/mol. The molecule has 1 aromatic carbocycles. The number of hydrogen-bond donors (Lipinski definition) is 0. The van der Waals surface area contributed by atoms with Crippen LogP contribution >= 0.6 is 23.2 Å². The Morgan fingerprint density at radius 2 is 1.36 bits per heavy atom. The molecule has 0 saturated heterocycles. The first-order valence-electron chi connectivity index (χ1n) is 8.70. The van der Waals surface area contributed by atoms with Gasteiger partial charge in [0.2, 0.25) is 0 Å². The van der Waals surface area contributed by atoms with Crippen molar-refractivity contribution >= 4 is 34.8 Å². The molecule has 0 unspecified atom stereocenters.